The van der Waals surface area contributed by atoms with E-state index in [1.54, 1.807) is 24.3 Å². The van der Waals surface area contributed by atoms with E-state index >= 15 is 0 Å². The van der Waals surface area contributed by atoms with Crippen molar-refractivity contribution >= 4 is 23.5 Å². The number of aliphatic carboxylic acids is 1. The molecule has 0 heterocycles. The van der Waals surface area contributed by atoms with Gasteiger partial charge in [-0.3, -0.25) is 14.4 Å². The number of ether oxygens (including phenoxy) is 1. The molecule has 0 atom stereocenters. The van der Waals surface area contributed by atoms with Gasteiger partial charge in [-0.15, -0.1) is 0 Å². The van der Waals surface area contributed by atoms with E-state index in [4.69, 9.17) is 9.84 Å². The number of carboxylic acids is 1. The molecule has 0 aromatic heterocycles. The van der Waals surface area contributed by atoms with Crippen LogP contribution in [0.4, 0.5) is 5.69 Å². The highest BCUT2D eigenvalue weighted by atomic mass is 16.5. The second kappa shape index (κ2) is 10.3. The first-order chi connectivity index (χ1) is 11.0. The second-order valence-corrected chi connectivity index (χ2v) is 4.93. The summed E-state index contributed by atoms with van der Waals surface area (Å²) < 4.78 is 5.21. The standard InChI is InChI=1S/C16H22N2O5/c1-2-3-10-23-11-14(19)18-13-6-4-12(5-7-13)16(22)17-9-8-15(20)21/h4-7H,2-3,8-11H2,1H3,(H,17,22)(H,18,19)(H,20,21). The number of amides is 2. The van der Waals surface area contributed by atoms with Crippen molar-refractivity contribution in [2.45, 2.75) is 26.2 Å². The molecule has 1 aromatic rings. The van der Waals surface area contributed by atoms with Gasteiger partial charge < -0.3 is 20.5 Å². The topological polar surface area (TPSA) is 105 Å². The summed E-state index contributed by atoms with van der Waals surface area (Å²) in [6.45, 7) is 2.67. The molecule has 0 bridgehead atoms. The summed E-state index contributed by atoms with van der Waals surface area (Å²) in [6, 6.07) is 6.33. The largest absolute Gasteiger partial charge is 0.481 e. The lowest BCUT2D eigenvalue weighted by Gasteiger charge is -2.07. The van der Waals surface area contributed by atoms with E-state index in [2.05, 4.69) is 10.6 Å². The minimum Gasteiger partial charge on any atom is -0.481 e. The first kappa shape index (κ1) is 18.6. The van der Waals surface area contributed by atoms with E-state index in [0.717, 1.165) is 12.8 Å². The van der Waals surface area contributed by atoms with E-state index in [9.17, 15) is 14.4 Å². The molecule has 0 saturated heterocycles. The van der Waals surface area contributed by atoms with Crippen LogP contribution in [-0.2, 0) is 14.3 Å². The number of carboxylic acid groups (broad SMARTS) is 1. The fourth-order valence-electron chi connectivity index (χ4n) is 1.70. The van der Waals surface area contributed by atoms with Crippen molar-refractivity contribution in [3.8, 4) is 0 Å². The number of rotatable bonds is 10. The van der Waals surface area contributed by atoms with E-state index in [1.165, 1.54) is 0 Å². The highest BCUT2D eigenvalue weighted by Crippen LogP contribution is 2.09. The highest BCUT2D eigenvalue weighted by molar-refractivity contribution is 5.96. The molecule has 23 heavy (non-hydrogen) atoms. The number of carbonyl (C=O) groups is 3. The Morgan fingerprint density at radius 1 is 1.17 bits per heavy atom. The van der Waals surface area contributed by atoms with Crippen LogP contribution in [0, 0.1) is 0 Å². The van der Waals surface area contributed by atoms with Gasteiger partial charge in [0.1, 0.15) is 6.61 Å². The number of nitrogens with one attached hydrogen (secondary N) is 2. The monoisotopic (exact) mass is 322 g/mol. The number of carbonyl (C=O) groups excluding carboxylic acids is 2. The van der Waals surface area contributed by atoms with Crippen LogP contribution in [0.2, 0.25) is 0 Å². The molecule has 0 aliphatic carbocycles. The summed E-state index contributed by atoms with van der Waals surface area (Å²) in [6.07, 6.45) is 1.80. The van der Waals surface area contributed by atoms with Crippen molar-refractivity contribution in [3.63, 3.8) is 0 Å². The quantitative estimate of drug-likeness (QED) is 0.568. The third kappa shape index (κ3) is 7.96. The third-order valence-corrected chi connectivity index (χ3v) is 2.93. The SMILES string of the molecule is CCCCOCC(=O)Nc1ccc(C(=O)NCCC(=O)O)cc1. The Kier molecular flexibility index (Phi) is 8.38. The Labute approximate surface area is 135 Å². The van der Waals surface area contributed by atoms with Gasteiger partial charge in [-0.1, -0.05) is 13.3 Å². The number of anilines is 1. The van der Waals surface area contributed by atoms with Crippen LogP contribution in [-0.4, -0.2) is 42.6 Å². The first-order valence-electron chi connectivity index (χ1n) is 7.50. The molecule has 0 aliphatic heterocycles. The molecule has 2 amide bonds. The number of hydrogen-bond donors (Lipinski definition) is 3. The lowest BCUT2D eigenvalue weighted by atomic mass is 10.2. The van der Waals surface area contributed by atoms with Crippen LogP contribution in [0.1, 0.15) is 36.5 Å². The van der Waals surface area contributed by atoms with Crippen molar-refractivity contribution in [1.29, 1.82) is 0 Å². The zero-order chi connectivity index (χ0) is 17.1. The molecule has 1 aromatic carbocycles. The Morgan fingerprint density at radius 3 is 2.48 bits per heavy atom. The molecule has 126 valence electrons. The molecular formula is C16H22N2O5. The van der Waals surface area contributed by atoms with E-state index in [0.29, 0.717) is 17.9 Å². The van der Waals surface area contributed by atoms with Crippen molar-refractivity contribution in [3.05, 3.63) is 29.8 Å². The number of unbranched alkanes of at least 4 members (excludes halogenated alkanes) is 1. The number of hydrogen-bond acceptors (Lipinski definition) is 4. The summed E-state index contributed by atoms with van der Waals surface area (Å²) in [7, 11) is 0. The van der Waals surface area contributed by atoms with Crippen molar-refractivity contribution in [1.82, 2.24) is 5.32 Å². The predicted molar refractivity (Wildman–Crippen MR) is 85.4 cm³/mol. The van der Waals surface area contributed by atoms with Gasteiger partial charge in [-0.25, -0.2) is 0 Å². The Bertz CT molecular complexity index is 528. The maximum Gasteiger partial charge on any atom is 0.305 e. The fraction of sp³-hybridized carbons (Fsp3) is 0.438. The summed E-state index contributed by atoms with van der Waals surface area (Å²) in [4.78, 5) is 33.8. The Balaban J connectivity index is 2.39. The van der Waals surface area contributed by atoms with Crippen LogP contribution in [0.3, 0.4) is 0 Å². The van der Waals surface area contributed by atoms with Gasteiger partial charge in [-0.2, -0.15) is 0 Å². The van der Waals surface area contributed by atoms with Gasteiger partial charge in [0.2, 0.25) is 5.91 Å². The normalized spacial score (nSPS) is 10.1. The summed E-state index contributed by atoms with van der Waals surface area (Å²) in [5, 5.41) is 13.7. The van der Waals surface area contributed by atoms with Gasteiger partial charge in [-0.05, 0) is 30.7 Å². The van der Waals surface area contributed by atoms with Crippen LogP contribution < -0.4 is 10.6 Å². The lowest BCUT2D eigenvalue weighted by Crippen LogP contribution is -2.26. The van der Waals surface area contributed by atoms with Gasteiger partial charge in [0.25, 0.3) is 5.91 Å². The van der Waals surface area contributed by atoms with Gasteiger partial charge in [0.15, 0.2) is 0 Å². The zero-order valence-corrected chi connectivity index (χ0v) is 13.1. The van der Waals surface area contributed by atoms with E-state index in [1.807, 2.05) is 6.92 Å². The van der Waals surface area contributed by atoms with Crippen LogP contribution in [0.15, 0.2) is 24.3 Å². The Morgan fingerprint density at radius 2 is 1.87 bits per heavy atom. The molecule has 1 rings (SSSR count). The average Bonchev–Trinajstić information content (AvgIpc) is 2.52. The molecule has 0 unspecified atom stereocenters. The molecule has 0 spiro atoms. The molecule has 7 heteroatoms. The molecule has 0 saturated carbocycles. The highest BCUT2D eigenvalue weighted by Gasteiger charge is 2.07. The van der Waals surface area contributed by atoms with Gasteiger partial charge in [0.05, 0.1) is 6.42 Å². The van der Waals surface area contributed by atoms with Crippen LogP contribution in [0.5, 0.6) is 0 Å². The maximum atomic E-state index is 11.8. The molecule has 0 aliphatic rings. The summed E-state index contributed by atoms with van der Waals surface area (Å²) in [5.41, 5.74) is 0.962. The summed E-state index contributed by atoms with van der Waals surface area (Å²) >= 11 is 0. The molecule has 7 nitrogen and oxygen atoms in total. The maximum absolute atomic E-state index is 11.8. The zero-order valence-electron chi connectivity index (χ0n) is 13.1. The second-order valence-electron chi connectivity index (χ2n) is 4.93. The van der Waals surface area contributed by atoms with Crippen LogP contribution >= 0.6 is 0 Å². The fourth-order valence-corrected chi connectivity index (χ4v) is 1.70. The molecule has 0 fully saturated rings. The van der Waals surface area contributed by atoms with Crippen molar-refractivity contribution < 1.29 is 24.2 Å². The van der Waals surface area contributed by atoms with Crippen molar-refractivity contribution in [2.24, 2.45) is 0 Å². The van der Waals surface area contributed by atoms with E-state index in [-0.39, 0.29) is 31.4 Å². The minimum atomic E-state index is -0.968. The third-order valence-electron chi connectivity index (χ3n) is 2.93. The lowest BCUT2D eigenvalue weighted by molar-refractivity contribution is -0.136. The smallest absolute Gasteiger partial charge is 0.305 e. The Hall–Kier alpha value is -2.41. The predicted octanol–water partition coefficient (Wildman–Crippen LogP) is 1.65. The molecule has 0 radical (unpaired) electrons. The average molecular weight is 322 g/mol. The summed E-state index contributed by atoms with van der Waals surface area (Å²) in [5.74, 6) is -1.57. The van der Waals surface area contributed by atoms with Gasteiger partial charge >= 0.3 is 5.97 Å². The minimum absolute atomic E-state index is 0.00255. The molecular weight excluding hydrogens is 300 g/mol. The van der Waals surface area contributed by atoms with Gasteiger partial charge in [0, 0.05) is 24.4 Å². The number of benzene rings is 1. The first-order valence-corrected chi connectivity index (χ1v) is 7.50. The molecule has 3 N–H and O–H groups in total. The van der Waals surface area contributed by atoms with Crippen molar-refractivity contribution in [2.75, 3.05) is 25.1 Å². The van der Waals surface area contributed by atoms with E-state index < -0.39 is 5.97 Å². The van der Waals surface area contributed by atoms with Crippen LogP contribution in [0.25, 0.3) is 0 Å².